The van der Waals surface area contributed by atoms with Crippen molar-refractivity contribution in [3.05, 3.63) is 73.6 Å². The van der Waals surface area contributed by atoms with Gasteiger partial charge in [-0.15, -0.1) is 0 Å². The van der Waals surface area contributed by atoms with Gasteiger partial charge >= 0.3 is 11.8 Å². The zero-order valence-electron chi connectivity index (χ0n) is 24.8. The fourth-order valence-corrected chi connectivity index (χ4v) is 6.38. The number of piperazine rings is 1. The first-order valence-electron chi connectivity index (χ1n) is 14.1. The van der Waals surface area contributed by atoms with Crippen LogP contribution in [0.4, 0.5) is 15.0 Å². The molecule has 1 aromatic carbocycles. The maximum atomic E-state index is 15.1. The number of benzene rings is 1. The molecule has 226 valence electrons. The van der Waals surface area contributed by atoms with Crippen molar-refractivity contribution in [3.8, 4) is 16.9 Å². The molecule has 1 aliphatic heterocycles. The smallest absolute Gasteiger partial charge is 0.407 e. The molecule has 2 unspecified atom stereocenters. The lowest BCUT2D eigenvalue weighted by atomic mass is 9.97. The van der Waals surface area contributed by atoms with Gasteiger partial charge in [0.25, 0.3) is 0 Å². The summed E-state index contributed by atoms with van der Waals surface area (Å²) in [5.41, 5.74) is 2.19. The molecular formula is C31H33BrClFN6O3. The van der Waals surface area contributed by atoms with Crippen LogP contribution >= 0.6 is 27.5 Å². The van der Waals surface area contributed by atoms with Crippen molar-refractivity contribution in [2.45, 2.75) is 65.5 Å². The Morgan fingerprint density at radius 2 is 1.74 bits per heavy atom. The summed E-state index contributed by atoms with van der Waals surface area (Å²) in [6.07, 6.45) is -1.00. The third kappa shape index (κ3) is 5.60. The summed E-state index contributed by atoms with van der Waals surface area (Å²) in [6.45, 7) is 12.3. The number of rotatable bonds is 5. The van der Waals surface area contributed by atoms with Crippen LogP contribution in [0.1, 0.15) is 64.6 Å². The van der Waals surface area contributed by atoms with Crippen molar-refractivity contribution in [2.75, 3.05) is 18.0 Å². The highest BCUT2D eigenvalue weighted by Crippen LogP contribution is 2.38. The molecule has 0 spiro atoms. The van der Waals surface area contributed by atoms with Gasteiger partial charge in [-0.1, -0.05) is 51.4 Å². The molecule has 1 saturated heterocycles. The van der Waals surface area contributed by atoms with Crippen molar-refractivity contribution in [3.63, 3.8) is 0 Å². The van der Waals surface area contributed by atoms with Gasteiger partial charge in [0.05, 0.1) is 27.5 Å². The average Bonchev–Trinajstić information content (AvgIpc) is 2.93. The second kappa shape index (κ2) is 11.8. The number of nitrogens with zero attached hydrogens (tertiary/aromatic N) is 6. The van der Waals surface area contributed by atoms with Crippen LogP contribution in [0, 0.1) is 5.82 Å². The minimum atomic E-state index is -1.00. The van der Waals surface area contributed by atoms with Crippen LogP contribution in [-0.4, -0.2) is 60.8 Å². The first kappa shape index (κ1) is 30.9. The Morgan fingerprint density at radius 1 is 1.05 bits per heavy atom. The van der Waals surface area contributed by atoms with E-state index in [2.05, 4.69) is 20.9 Å². The summed E-state index contributed by atoms with van der Waals surface area (Å²) in [5.74, 6) is -0.202. The molecule has 3 aromatic heterocycles. The Morgan fingerprint density at radius 3 is 2.37 bits per heavy atom. The maximum Gasteiger partial charge on any atom is 0.407 e. The molecule has 1 N–H and O–H groups in total. The van der Waals surface area contributed by atoms with Gasteiger partial charge in [-0.05, 0) is 71.4 Å². The zero-order valence-corrected chi connectivity index (χ0v) is 27.1. The van der Waals surface area contributed by atoms with Gasteiger partial charge in [0, 0.05) is 30.7 Å². The minimum Gasteiger partial charge on any atom is -0.465 e. The lowest BCUT2D eigenvalue weighted by Crippen LogP contribution is -2.58. The van der Waals surface area contributed by atoms with Crippen molar-refractivity contribution in [1.82, 2.24) is 24.4 Å². The molecule has 0 radical (unpaired) electrons. The predicted molar refractivity (Wildman–Crippen MR) is 170 cm³/mol. The molecule has 4 aromatic rings. The lowest BCUT2D eigenvalue weighted by Gasteiger charge is -2.43. The fraction of sp³-hybridized carbons (Fsp3) is 0.387. The van der Waals surface area contributed by atoms with Crippen LogP contribution < -0.4 is 10.6 Å². The second-order valence-corrected chi connectivity index (χ2v) is 12.8. The van der Waals surface area contributed by atoms with E-state index in [-0.39, 0.29) is 52.4 Å². The molecule has 1 aliphatic rings. The van der Waals surface area contributed by atoms with E-state index >= 15 is 4.39 Å². The van der Waals surface area contributed by atoms with Gasteiger partial charge in [0.2, 0.25) is 0 Å². The monoisotopic (exact) mass is 670 g/mol. The van der Waals surface area contributed by atoms with Gasteiger partial charge in [-0.3, -0.25) is 0 Å². The third-order valence-corrected chi connectivity index (χ3v) is 8.54. The number of fused-ring (bicyclic) bond motifs is 1. The molecule has 1 amide bonds. The highest BCUT2D eigenvalue weighted by Gasteiger charge is 2.35. The van der Waals surface area contributed by atoms with E-state index in [0.29, 0.717) is 33.7 Å². The minimum absolute atomic E-state index is 0.0109. The maximum absolute atomic E-state index is 15.1. The van der Waals surface area contributed by atoms with Crippen molar-refractivity contribution in [2.24, 2.45) is 0 Å². The second-order valence-electron chi connectivity index (χ2n) is 11.6. The normalized spacial score (nSPS) is 17.4. The Bertz CT molecular complexity index is 1770. The van der Waals surface area contributed by atoms with Gasteiger partial charge in [0.1, 0.15) is 16.2 Å². The van der Waals surface area contributed by atoms with Crippen LogP contribution in [0.25, 0.3) is 28.0 Å². The topological polar surface area (TPSA) is 104 Å². The Kier molecular flexibility index (Phi) is 8.50. The standard InChI is InChI=1S/C31H33BrClFN6O3/c1-15(2)20-12-24(32)35-25(16(3)4)27(20)40-29-21(11-22(33)26(36-29)19-9-7-8-10-23(19)34)28(37-30(40)41)38-13-18(6)39(31(42)43)14-17(38)5/h7-12,15-18H,13-14H2,1-6H3,(H,42,43). The van der Waals surface area contributed by atoms with Gasteiger partial charge in [-0.25, -0.2) is 28.5 Å². The van der Waals surface area contributed by atoms with E-state index in [1.54, 1.807) is 24.3 Å². The number of pyridine rings is 2. The summed E-state index contributed by atoms with van der Waals surface area (Å²) < 4.78 is 17.2. The summed E-state index contributed by atoms with van der Waals surface area (Å²) in [5, 5.41) is 10.4. The first-order chi connectivity index (χ1) is 20.3. The molecule has 0 saturated carbocycles. The third-order valence-electron chi connectivity index (χ3n) is 7.84. The lowest BCUT2D eigenvalue weighted by molar-refractivity contribution is 0.114. The van der Waals surface area contributed by atoms with Crippen molar-refractivity contribution in [1.29, 1.82) is 0 Å². The SMILES string of the molecule is CC(C)c1cc(Br)nc(C(C)C)c1-n1c(=O)nc(N2CC(C)N(C(=O)O)CC2C)c2cc(Cl)c(-c3ccccc3F)nc21. The van der Waals surface area contributed by atoms with Crippen molar-refractivity contribution < 1.29 is 14.3 Å². The summed E-state index contributed by atoms with van der Waals surface area (Å²) in [7, 11) is 0. The summed E-state index contributed by atoms with van der Waals surface area (Å²) >= 11 is 10.3. The summed E-state index contributed by atoms with van der Waals surface area (Å²) in [4.78, 5) is 43.6. The molecule has 0 aliphatic carbocycles. The number of aromatic nitrogens is 4. The molecule has 12 heteroatoms. The predicted octanol–water partition coefficient (Wildman–Crippen LogP) is 7.22. The highest BCUT2D eigenvalue weighted by atomic mass is 79.9. The number of halogens is 3. The van der Waals surface area contributed by atoms with E-state index < -0.39 is 17.6 Å². The Labute approximate surface area is 262 Å². The first-order valence-corrected chi connectivity index (χ1v) is 15.3. The number of anilines is 1. The number of carbonyl (C=O) groups is 1. The average molecular weight is 672 g/mol. The quantitative estimate of drug-likeness (QED) is 0.224. The zero-order chi connectivity index (χ0) is 31.3. The van der Waals surface area contributed by atoms with E-state index in [9.17, 15) is 14.7 Å². The molecule has 43 heavy (non-hydrogen) atoms. The Balaban J connectivity index is 1.89. The van der Waals surface area contributed by atoms with E-state index in [1.165, 1.54) is 15.5 Å². The number of hydrogen-bond donors (Lipinski definition) is 1. The molecule has 1 fully saturated rings. The van der Waals surface area contributed by atoms with E-state index in [0.717, 1.165) is 5.56 Å². The molecule has 9 nitrogen and oxygen atoms in total. The number of carboxylic acid groups (broad SMARTS) is 1. The van der Waals surface area contributed by atoms with Crippen LogP contribution in [0.5, 0.6) is 0 Å². The Hall–Kier alpha value is -3.57. The van der Waals surface area contributed by atoms with E-state index in [4.69, 9.17) is 21.6 Å². The van der Waals surface area contributed by atoms with Crippen molar-refractivity contribution >= 4 is 50.5 Å². The van der Waals surface area contributed by atoms with Gasteiger partial charge < -0.3 is 14.9 Å². The van der Waals surface area contributed by atoms with E-state index in [1.807, 2.05) is 52.5 Å². The molecule has 2 atom stereocenters. The van der Waals surface area contributed by atoms with Crippen LogP contribution in [-0.2, 0) is 0 Å². The largest absolute Gasteiger partial charge is 0.465 e. The molecule has 0 bridgehead atoms. The van der Waals surface area contributed by atoms with Gasteiger partial charge in [0.15, 0.2) is 5.65 Å². The number of hydrogen-bond acceptors (Lipinski definition) is 6. The molecule has 5 rings (SSSR count). The van der Waals surface area contributed by atoms with Crippen LogP contribution in [0.2, 0.25) is 5.02 Å². The number of amides is 1. The van der Waals surface area contributed by atoms with Gasteiger partial charge in [-0.2, -0.15) is 4.98 Å². The summed E-state index contributed by atoms with van der Waals surface area (Å²) in [6, 6.07) is 9.11. The fourth-order valence-electron chi connectivity index (χ4n) is 5.69. The highest BCUT2D eigenvalue weighted by molar-refractivity contribution is 9.10. The molecular weight excluding hydrogens is 639 g/mol. The molecule has 4 heterocycles. The van der Waals surface area contributed by atoms with Crippen LogP contribution in [0.3, 0.4) is 0 Å². The van der Waals surface area contributed by atoms with Crippen LogP contribution in [0.15, 0.2) is 45.8 Å².